The molecule has 4 aliphatic heterocycles. The van der Waals surface area contributed by atoms with Gasteiger partial charge >= 0.3 is 24.1 Å². The largest absolute Gasteiger partial charge is 0.463 e. The van der Waals surface area contributed by atoms with Crippen LogP contribution in [-0.2, 0) is 111 Å². The Balaban J connectivity index is 0.000000231. The highest BCUT2D eigenvalue weighted by Crippen LogP contribution is 2.58. The van der Waals surface area contributed by atoms with E-state index in [0.29, 0.717) is 47.3 Å². The van der Waals surface area contributed by atoms with Gasteiger partial charge in [0, 0.05) is 41.4 Å². The number of aromatic nitrogens is 14. The molecule has 2 aliphatic carbocycles. The number of anilines is 2. The molecule has 10 heterocycles. The van der Waals surface area contributed by atoms with Crippen LogP contribution in [0.5, 0.6) is 0 Å². The molecule has 6 aromatic rings. The number of hydrogen-bond donors (Lipinski definition) is 0. The number of halogens is 2. The molecule has 0 spiro atoms. The van der Waals surface area contributed by atoms with Crippen molar-refractivity contribution in [2.24, 2.45) is 0 Å². The summed E-state index contributed by atoms with van der Waals surface area (Å²) in [6, 6.07) is 8.93. The van der Waals surface area contributed by atoms with Crippen molar-refractivity contribution in [2.75, 3.05) is 76.1 Å². The van der Waals surface area contributed by atoms with E-state index >= 15 is 0 Å². The fourth-order valence-electron chi connectivity index (χ4n) is 15.3. The topological polar surface area (TPSA) is 386 Å². The van der Waals surface area contributed by atoms with Crippen molar-refractivity contribution >= 4 is 100 Å². The second-order valence-electron chi connectivity index (χ2n) is 37.0. The second kappa shape index (κ2) is 36.4. The summed E-state index contributed by atoms with van der Waals surface area (Å²) in [6.07, 6.45) is -0.519. The van der Waals surface area contributed by atoms with Gasteiger partial charge in [0.1, 0.15) is 85.4 Å². The highest BCUT2D eigenvalue weighted by atomic mass is 35.5. The predicted octanol–water partition coefficient (Wildman–Crippen LogP) is 12.9. The van der Waals surface area contributed by atoms with Crippen molar-refractivity contribution in [3.05, 3.63) is 57.9 Å². The van der Waals surface area contributed by atoms with Gasteiger partial charge < -0.3 is 75.4 Å². The Morgan fingerprint density at radius 1 is 0.542 bits per heavy atom. The van der Waals surface area contributed by atoms with Crippen LogP contribution in [0.25, 0.3) is 11.0 Å². The summed E-state index contributed by atoms with van der Waals surface area (Å²) < 4.78 is 118. The minimum absolute atomic E-state index is 0.0205. The average Bonchev–Trinajstić information content (AvgIpc) is 1.57. The zero-order valence-electron chi connectivity index (χ0n) is 72.2. The monoisotopic (exact) mass is 1760 g/mol. The number of fused-ring (bicyclic) bond motifs is 4. The average molecular weight is 1770 g/mol. The first-order valence-electron chi connectivity index (χ1n) is 40.6. The van der Waals surface area contributed by atoms with E-state index in [1.807, 2.05) is 65.8 Å². The van der Waals surface area contributed by atoms with Gasteiger partial charge in [-0.15, -0.1) is 40.2 Å². The van der Waals surface area contributed by atoms with E-state index in [1.165, 1.54) is 36.3 Å². The molecule has 0 N–H and O–H groups in total. The summed E-state index contributed by atoms with van der Waals surface area (Å²) in [5, 5.41) is 30.3. The maximum atomic E-state index is 14.2. The molecule has 0 unspecified atom stereocenters. The summed E-state index contributed by atoms with van der Waals surface area (Å²) in [4.78, 5) is 70.3. The van der Waals surface area contributed by atoms with Crippen molar-refractivity contribution in [1.29, 1.82) is 0 Å². The standard InChI is InChI=1S/2C38H60ClN8O10PSi/c2*1-12-52-33(48)38(58(7,8)50,21-28-41-44-45(42-28)23-51-19-20-59(9,10)11)53-22-27-30-31(56-37(5,6)55-30)29(54-27)25-17-18-26-32(40-34(39)43-47(25)26)46(24-15-13-14-16-24)35(49)57-36(2,3)4/h2*17-18,24,27,29-31H,12-16,19-23H2,1-11H3/t27-,29-,30-,31+,38+;27-,29-,30-,31+,38-/m11/s1. The third-order valence-corrected chi connectivity index (χ3v) is 29.1. The Morgan fingerprint density at radius 2 is 0.890 bits per heavy atom. The molecule has 0 radical (unpaired) electrons. The number of nitrogens with zero attached hydrogens (tertiary/aromatic N) is 16. The zero-order chi connectivity index (χ0) is 86.3. The Labute approximate surface area is 701 Å². The van der Waals surface area contributed by atoms with Crippen molar-refractivity contribution in [3.8, 4) is 0 Å². The van der Waals surface area contributed by atoms with Crippen LogP contribution in [0.15, 0.2) is 24.3 Å². The normalized spacial score (nSPS) is 23.4. The number of carbonyl (C=O) groups is 4. The third kappa shape index (κ3) is 21.9. The van der Waals surface area contributed by atoms with E-state index in [-0.39, 0.29) is 87.0 Å². The summed E-state index contributed by atoms with van der Waals surface area (Å²) in [5.41, 5.74) is 0.662. The number of rotatable bonds is 32. The van der Waals surface area contributed by atoms with Gasteiger partial charge in [-0.2, -0.15) is 9.97 Å². The minimum atomic E-state index is -3.50. The fourth-order valence-corrected chi connectivity index (χ4v) is 20.0. The van der Waals surface area contributed by atoms with Crippen molar-refractivity contribution in [2.45, 2.75) is 307 Å². The first kappa shape index (κ1) is 92.6. The van der Waals surface area contributed by atoms with E-state index in [1.54, 1.807) is 60.4 Å². The van der Waals surface area contributed by atoms with Gasteiger partial charge in [-0.05, 0) is 205 Å². The molecule has 4 saturated heterocycles. The number of ether oxygens (including phenoxy) is 14. The lowest BCUT2D eigenvalue weighted by atomic mass is 10.1. The molecule has 36 nitrogen and oxygen atoms in total. The smallest absolute Gasteiger partial charge is 0.416 e. The first-order valence-corrected chi connectivity index (χ1v) is 54.0. The Morgan fingerprint density at radius 3 is 1.21 bits per heavy atom. The van der Waals surface area contributed by atoms with Crippen LogP contribution >= 0.6 is 37.5 Å². The number of tetrazole rings is 2. The molecule has 10 atom stereocenters. The molecule has 656 valence electrons. The Kier molecular flexibility index (Phi) is 28.6. The highest BCUT2D eigenvalue weighted by molar-refractivity contribution is 7.65. The fraction of sp³-hybridized carbons (Fsp3) is 0.763. The summed E-state index contributed by atoms with van der Waals surface area (Å²) in [6.45, 7) is 41.7. The van der Waals surface area contributed by atoms with E-state index in [2.05, 4.69) is 90.3 Å². The molecule has 12 rings (SSSR count). The van der Waals surface area contributed by atoms with E-state index in [9.17, 15) is 28.3 Å². The lowest BCUT2D eigenvalue weighted by Gasteiger charge is -2.35. The van der Waals surface area contributed by atoms with Gasteiger partial charge in [-0.3, -0.25) is 9.80 Å². The molecular weight excluding hydrogens is 1650 g/mol. The summed E-state index contributed by atoms with van der Waals surface area (Å²) >= 11 is 13.2. The zero-order valence-corrected chi connectivity index (χ0v) is 77.5. The SMILES string of the molecule is CCOC(=O)[C@@](Cc1nnn(COCC[Si](C)(C)C)n1)(OC[C@H]1O[C@H](c2ccc3c(N(C(=O)OC(C)(C)C)C4CCCC4)nc(Cl)nn23)[C@@H]2OC(C)(C)O[C@@H]21)P(C)(C)=O.CCOC(=O)[C@](Cc1nnn(COCC[Si](C)(C)C)n1)(OC[C@H]1O[C@H](c2ccc3c(N(C(=O)OC(C)(C)C)C4CCCC4)nc(Cl)nn23)[C@@H]2OC(C)(C)O[C@@H]21)P(C)(C)=O. The molecular formula is C76H120Cl2N16O20P2Si2. The number of hydrogen-bond acceptors (Lipinski definition) is 30. The van der Waals surface area contributed by atoms with Crippen LogP contribution in [0.1, 0.15) is 170 Å². The second-order valence-corrected chi connectivity index (χ2v) is 55.7. The van der Waals surface area contributed by atoms with E-state index in [4.69, 9.17) is 89.5 Å². The van der Waals surface area contributed by atoms with Crippen LogP contribution in [-0.4, -0.2) is 258 Å². The van der Waals surface area contributed by atoms with E-state index < -0.39 is 137 Å². The summed E-state index contributed by atoms with van der Waals surface area (Å²) in [5.74, 6) is -2.77. The lowest BCUT2D eigenvalue weighted by molar-refractivity contribution is -0.199. The van der Waals surface area contributed by atoms with Gasteiger partial charge in [0.05, 0.1) is 50.7 Å². The van der Waals surface area contributed by atoms with Gasteiger partial charge in [0.25, 0.3) is 0 Å². The van der Waals surface area contributed by atoms with E-state index in [0.717, 1.165) is 63.5 Å². The maximum absolute atomic E-state index is 14.2. The lowest BCUT2D eigenvalue weighted by Crippen LogP contribution is -2.47. The molecule has 6 aromatic heterocycles. The molecule has 6 fully saturated rings. The van der Waals surface area contributed by atoms with Gasteiger partial charge in [-0.1, -0.05) is 65.0 Å². The van der Waals surface area contributed by atoms with Crippen LogP contribution < -0.4 is 9.80 Å². The molecule has 2 amide bonds. The number of amides is 2. The first-order chi connectivity index (χ1) is 55.0. The third-order valence-electron chi connectivity index (χ3n) is 21.0. The van der Waals surface area contributed by atoms with Crippen LogP contribution in [0, 0.1) is 0 Å². The maximum Gasteiger partial charge on any atom is 0.416 e. The molecule has 0 bridgehead atoms. The van der Waals surface area contributed by atoms with Crippen LogP contribution in [0.4, 0.5) is 21.2 Å². The van der Waals surface area contributed by atoms with Crippen molar-refractivity contribution in [3.63, 3.8) is 0 Å². The molecule has 2 saturated carbocycles. The molecule has 118 heavy (non-hydrogen) atoms. The minimum Gasteiger partial charge on any atom is -0.463 e. The highest BCUT2D eigenvalue weighted by Gasteiger charge is 2.62. The number of carbonyl (C=O) groups excluding carboxylic acids is 4. The van der Waals surface area contributed by atoms with Crippen LogP contribution in [0.2, 0.25) is 61.9 Å². The predicted molar refractivity (Wildman–Crippen MR) is 442 cm³/mol. The Bertz CT molecular complexity index is 4340. The van der Waals surface area contributed by atoms with Crippen molar-refractivity contribution < 1.29 is 94.6 Å². The van der Waals surface area contributed by atoms with Crippen molar-refractivity contribution in [1.82, 2.24) is 69.6 Å². The van der Waals surface area contributed by atoms with Gasteiger partial charge in [0.2, 0.25) is 21.3 Å². The molecule has 6 aliphatic rings. The molecule has 42 heteroatoms. The number of esters is 2. The van der Waals surface area contributed by atoms with Crippen LogP contribution in [0.3, 0.4) is 0 Å². The Hall–Kier alpha value is -6.07. The van der Waals surface area contributed by atoms with Gasteiger partial charge in [0.15, 0.2) is 48.3 Å². The summed E-state index contributed by atoms with van der Waals surface area (Å²) in [7, 11) is -9.60. The molecule has 0 aromatic carbocycles. The quantitative estimate of drug-likeness (QED) is 0.0124. The van der Waals surface area contributed by atoms with Gasteiger partial charge in [-0.25, -0.2) is 28.2 Å².